The number of allylic oxidation sites excluding steroid dienone is 1. The van der Waals surface area contributed by atoms with E-state index in [9.17, 15) is 0 Å². The van der Waals surface area contributed by atoms with Crippen molar-refractivity contribution in [3.8, 4) is 0 Å². The summed E-state index contributed by atoms with van der Waals surface area (Å²) in [4.78, 5) is 0. The maximum absolute atomic E-state index is 6.39. The van der Waals surface area contributed by atoms with E-state index in [0.29, 0.717) is 0 Å². The molecule has 2 rings (SSSR count). The third kappa shape index (κ3) is 3.39. The lowest BCUT2D eigenvalue weighted by Crippen LogP contribution is -2.49. The van der Waals surface area contributed by atoms with Crippen LogP contribution in [0.25, 0.3) is 5.57 Å². The summed E-state index contributed by atoms with van der Waals surface area (Å²) in [5.41, 5.74) is 15.7. The number of hydrogen-bond acceptors (Lipinski definition) is 4. The van der Waals surface area contributed by atoms with Gasteiger partial charge in [0.1, 0.15) is 0 Å². The molecule has 1 aliphatic carbocycles. The van der Waals surface area contributed by atoms with Crippen molar-refractivity contribution < 1.29 is 10.5 Å². The second-order valence-electron chi connectivity index (χ2n) is 6.76. The van der Waals surface area contributed by atoms with Crippen LogP contribution in [-0.2, 0) is 0 Å². The summed E-state index contributed by atoms with van der Waals surface area (Å²) in [6, 6.07) is 8.31. The molecule has 0 radical (unpaired) electrons. The van der Waals surface area contributed by atoms with Crippen LogP contribution in [0.3, 0.4) is 0 Å². The average molecular weight is 278 g/mol. The van der Waals surface area contributed by atoms with Gasteiger partial charge in [0, 0.05) is 11.7 Å². The van der Waals surface area contributed by atoms with Crippen molar-refractivity contribution in [3.63, 3.8) is 0 Å². The first-order valence-electron chi connectivity index (χ1n) is 6.76. The number of benzene rings is 1. The third-order valence-corrected chi connectivity index (χ3v) is 4.12. The smallest absolute Gasteiger partial charge is 0.0314 e. The van der Waals surface area contributed by atoms with E-state index in [1.165, 1.54) is 11.1 Å². The third-order valence-electron chi connectivity index (χ3n) is 4.12. The van der Waals surface area contributed by atoms with E-state index in [-0.39, 0.29) is 16.9 Å². The number of nitrogen functional groups attached to an aromatic ring is 1. The van der Waals surface area contributed by atoms with Gasteiger partial charge in [-0.3, -0.25) is 10.5 Å². The molecule has 0 spiro atoms. The van der Waals surface area contributed by atoms with Gasteiger partial charge in [-0.15, -0.1) is 0 Å². The van der Waals surface area contributed by atoms with Crippen LogP contribution in [0.2, 0.25) is 0 Å². The molecule has 1 atom stereocenters. The largest absolute Gasteiger partial charge is 0.399 e. The highest BCUT2D eigenvalue weighted by Gasteiger charge is 2.41. The van der Waals surface area contributed by atoms with E-state index < -0.39 is 0 Å². The molecule has 1 unspecified atom stereocenters. The molecule has 4 heteroatoms. The minimum absolute atomic E-state index is 0.0263. The number of rotatable bonds is 1. The van der Waals surface area contributed by atoms with E-state index in [4.69, 9.17) is 22.0 Å². The first kappa shape index (κ1) is 16.7. The van der Waals surface area contributed by atoms with Crippen LogP contribution in [0.4, 0.5) is 5.69 Å². The van der Waals surface area contributed by atoms with Gasteiger partial charge in [0.25, 0.3) is 0 Å². The van der Waals surface area contributed by atoms with Crippen molar-refractivity contribution in [1.82, 2.24) is 0 Å². The fraction of sp³-hybridized carbons (Fsp3) is 0.500. The van der Waals surface area contributed by atoms with Crippen molar-refractivity contribution in [3.05, 3.63) is 35.9 Å². The molecule has 0 saturated heterocycles. The van der Waals surface area contributed by atoms with E-state index in [1.807, 2.05) is 12.1 Å². The lowest BCUT2D eigenvalue weighted by atomic mass is 9.62. The highest BCUT2D eigenvalue weighted by Crippen LogP contribution is 2.46. The summed E-state index contributed by atoms with van der Waals surface area (Å²) in [6.45, 7) is 8.94. The molecular weight excluding hydrogens is 252 g/mol. The molecular formula is C16H26N2O2. The molecule has 20 heavy (non-hydrogen) atoms. The minimum Gasteiger partial charge on any atom is -0.399 e. The monoisotopic (exact) mass is 278 g/mol. The van der Waals surface area contributed by atoms with Gasteiger partial charge in [-0.1, -0.05) is 45.9 Å². The summed E-state index contributed by atoms with van der Waals surface area (Å²) in [5.74, 6) is 0. The van der Waals surface area contributed by atoms with Crippen molar-refractivity contribution in [2.75, 3.05) is 5.73 Å². The topological polar surface area (TPSA) is 92.5 Å². The maximum Gasteiger partial charge on any atom is 0.0314 e. The molecule has 0 amide bonds. The minimum atomic E-state index is 0.0263. The van der Waals surface area contributed by atoms with Crippen molar-refractivity contribution in [2.45, 2.75) is 40.2 Å². The van der Waals surface area contributed by atoms with Gasteiger partial charge in [-0.2, -0.15) is 0 Å². The van der Waals surface area contributed by atoms with Crippen LogP contribution in [0, 0.1) is 10.8 Å². The van der Waals surface area contributed by atoms with Crippen LogP contribution >= 0.6 is 0 Å². The first-order chi connectivity index (χ1) is 9.22. The summed E-state index contributed by atoms with van der Waals surface area (Å²) in [7, 11) is 0. The van der Waals surface area contributed by atoms with Crippen molar-refractivity contribution in [2.24, 2.45) is 16.6 Å². The second-order valence-corrected chi connectivity index (χ2v) is 6.76. The molecule has 6 N–H and O–H groups in total. The zero-order valence-electron chi connectivity index (χ0n) is 12.7. The molecule has 0 aromatic heterocycles. The van der Waals surface area contributed by atoms with Gasteiger partial charge in [-0.05, 0) is 40.5 Å². The van der Waals surface area contributed by atoms with Gasteiger partial charge >= 0.3 is 0 Å². The van der Waals surface area contributed by atoms with E-state index in [0.717, 1.165) is 12.1 Å². The van der Waals surface area contributed by atoms with Gasteiger partial charge < -0.3 is 11.5 Å². The zero-order chi connectivity index (χ0) is 15.6. The summed E-state index contributed by atoms with van der Waals surface area (Å²) in [5, 5.41) is 12.0. The van der Waals surface area contributed by atoms with Crippen LogP contribution < -0.4 is 11.5 Å². The Labute approximate surface area is 121 Å². The van der Waals surface area contributed by atoms with Crippen molar-refractivity contribution >= 4 is 11.3 Å². The molecule has 1 aliphatic rings. The Morgan fingerprint density at radius 1 is 1.05 bits per heavy atom. The first-order valence-corrected chi connectivity index (χ1v) is 6.76. The molecule has 0 bridgehead atoms. The van der Waals surface area contributed by atoms with Crippen LogP contribution in [0.5, 0.6) is 0 Å². The van der Waals surface area contributed by atoms with Crippen LogP contribution in [0.1, 0.15) is 39.7 Å². The number of hydrogen-bond donors (Lipinski definition) is 4. The van der Waals surface area contributed by atoms with Gasteiger partial charge in [0.2, 0.25) is 0 Å². The average Bonchev–Trinajstić information content (AvgIpc) is 2.38. The Morgan fingerprint density at radius 3 is 2.00 bits per heavy atom. The molecule has 0 heterocycles. The molecule has 0 fully saturated rings. The molecule has 0 saturated carbocycles. The van der Waals surface area contributed by atoms with Gasteiger partial charge in [0.05, 0.1) is 0 Å². The second kappa shape index (κ2) is 5.95. The fourth-order valence-electron chi connectivity index (χ4n) is 3.08. The lowest BCUT2D eigenvalue weighted by molar-refractivity contribution is -0.176. The summed E-state index contributed by atoms with van der Waals surface area (Å²) < 4.78 is 0. The fourth-order valence-corrected chi connectivity index (χ4v) is 3.08. The Hall–Kier alpha value is -1.36. The number of anilines is 1. The molecule has 1 aromatic rings. The maximum atomic E-state index is 6.39. The van der Waals surface area contributed by atoms with E-state index in [2.05, 4.69) is 45.9 Å². The predicted octanol–water partition coefficient (Wildman–Crippen LogP) is 3.45. The molecule has 112 valence electrons. The highest BCUT2D eigenvalue weighted by atomic mass is 17.0. The molecule has 0 aliphatic heterocycles. The zero-order valence-corrected chi connectivity index (χ0v) is 12.7. The predicted molar refractivity (Wildman–Crippen MR) is 84.2 cm³/mol. The van der Waals surface area contributed by atoms with Gasteiger partial charge in [-0.25, -0.2) is 0 Å². The molecule has 4 nitrogen and oxygen atoms in total. The normalized spacial score (nSPS) is 23.4. The van der Waals surface area contributed by atoms with E-state index in [1.54, 1.807) is 0 Å². The summed E-state index contributed by atoms with van der Waals surface area (Å²) >= 11 is 0. The Bertz CT molecular complexity index is 476. The quantitative estimate of drug-likeness (QED) is 0.359. The number of nitrogens with two attached hydrogens (primary N) is 2. The van der Waals surface area contributed by atoms with Gasteiger partial charge in [0.15, 0.2) is 0 Å². The highest BCUT2D eigenvalue weighted by molar-refractivity contribution is 5.69. The van der Waals surface area contributed by atoms with Crippen LogP contribution in [0.15, 0.2) is 30.3 Å². The van der Waals surface area contributed by atoms with E-state index >= 15 is 0 Å². The Kier molecular flexibility index (Phi) is 4.97. The standard InChI is InChI=1S/C16H24N2.H2O2/c1-15(2)9-12(10-16(3,4)14(15)18)11-5-7-13(17)8-6-11;1-2/h5-9,14H,10,17-18H2,1-4H3;1-2H. The SMILES string of the molecule is CC1(C)C=C(c2ccc(N)cc2)CC(C)(C)C1N.OO. The Morgan fingerprint density at radius 2 is 1.55 bits per heavy atom. The van der Waals surface area contributed by atoms with Crippen molar-refractivity contribution in [1.29, 1.82) is 0 Å². The van der Waals surface area contributed by atoms with Crippen LogP contribution in [-0.4, -0.2) is 16.6 Å². The lowest BCUT2D eigenvalue weighted by Gasteiger charge is -2.46. The Balaban J connectivity index is 0.000000956. The molecule has 1 aromatic carbocycles. The summed E-state index contributed by atoms with van der Waals surface area (Å²) in [6.07, 6.45) is 3.34.